The smallest absolute Gasteiger partial charge is 0.170 e. The van der Waals surface area contributed by atoms with Crippen molar-refractivity contribution in [2.75, 3.05) is 14.2 Å². The minimum Gasteiger partial charge on any atom is -0.494 e. The number of aliphatic hydroxyl groups excluding tert-OH is 1. The summed E-state index contributed by atoms with van der Waals surface area (Å²) in [5.41, 5.74) is -0.111. The Kier molecular flexibility index (Phi) is 4.71. The van der Waals surface area contributed by atoms with E-state index in [-0.39, 0.29) is 16.7 Å². The maximum Gasteiger partial charge on any atom is 0.170 e. The molecule has 0 fully saturated rings. The Morgan fingerprint density at radius 1 is 1.22 bits per heavy atom. The fourth-order valence-electron chi connectivity index (χ4n) is 2.03. The Bertz CT molecular complexity index is 399. The van der Waals surface area contributed by atoms with Gasteiger partial charge >= 0.3 is 0 Å². The van der Waals surface area contributed by atoms with Crippen LogP contribution in [0.4, 0.5) is 4.39 Å². The largest absolute Gasteiger partial charge is 0.494 e. The number of rotatable bonds is 4. The van der Waals surface area contributed by atoms with Gasteiger partial charge in [-0.3, -0.25) is 0 Å². The lowest BCUT2D eigenvalue weighted by molar-refractivity contribution is -0.0736. The molecule has 0 spiro atoms. The van der Waals surface area contributed by atoms with E-state index in [9.17, 15) is 9.50 Å². The maximum atomic E-state index is 14.1. The summed E-state index contributed by atoms with van der Waals surface area (Å²) in [5.74, 6) is -0.422. The SMILES string of the molecule is COc1cccc(C(O)C(OC)C(C)(C)C)c1F. The third-order valence-corrected chi connectivity index (χ3v) is 2.93. The van der Waals surface area contributed by atoms with E-state index in [4.69, 9.17) is 9.47 Å². The average Bonchev–Trinajstić information content (AvgIpc) is 2.28. The van der Waals surface area contributed by atoms with Crippen LogP contribution in [-0.2, 0) is 4.74 Å². The van der Waals surface area contributed by atoms with Crippen LogP contribution in [0.25, 0.3) is 0 Å². The van der Waals surface area contributed by atoms with Crippen LogP contribution in [0.1, 0.15) is 32.4 Å². The first kappa shape index (κ1) is 14.9. The van der Waals surface area contributed by atoms with Gasteiger partial charge in [-0.1, -0.05) is 32.9 Å². The zero-order chi connectivity index (χ0) is 13.9. The lowest BCUT2D eigenvalue weighted by Crippen LogP contribution is -2.34. The molecule has 1 rings (SSSR count). The van der Waals surface area contributed by atoms with Crippen LogP contribution in [0.3, 0.4) is 0 Å². The van der Waals surface area contributed by atoms with E-state index < -0.39 is 18.0 Å². The summed E-state index contributed by atoms with van der Waals surface area (Å²) in [6.45, 7) is 5.80. The molecule has 0 aliphatic heterocycles. The third-order valence-electron chi connectivity index (χ3n) is 2.93. The summed E-state index contributed by atoms with van der Waals surface area (Å²) < 4.78 is 24.3. The summed E-state index contributed by atoms with van der Waals surface area (Å²) in [5, 5.41) is 10.3. The predicted octanol–water partition coefficient (Wildman–Crippen LogP) is 2.93. The Morgan fingerprint density at radius 2 is 1.83 bits per heavy atom. The van der Waals surface area contributed by atoms with Gasteiger partial charge in [-0.25, -0.2) is 4.39 Å². The Morgan fingerprint density at radius 3 is 2.28 bits per heavy atom. The molecular formula is C14H21FO3. The summed E-state index contributed by atoms with van der Waals surface area (Å²) in [6, 6.07) is 4.71. The summed E-state index contributed by atoms with van der Waals surface area (Å²) in [7, 11) is 2.91. The second-order valence-electron chi connectivity index (χ2n) is 5.33. The van der Waals surface area contributed by atoms with Crippen LogP contribution in [0.2, 0.25) is 0 Å². The molecule has 0 bridgehead atoms. The molecule has 0 saturated heterocycles. The zero-order valence-corrected chi connectivity index (χ0v) is 11.5. The van der Waals surface area contributed by atoms with Crippen molar-refractivity contribution in [1.82, 2.24) is 0 Å². The molecule has 0 radical (unpaired) electrons. The van der Waals surface area contributed by atoms with E-state index in [0.717, 1.165) is 0 Å². The molecule has 3 nitrogen and oxygen atoms in total. The van der Waals surface area contributed by atoms with Crippen molar-refractivity contribution in [3.05, 3.63) is 29.6 Å². The number of hydrogen-bond acceptors (Lipinski definition) is 3. The average molecular weight is 256 g/mol. The standard InChI is InChI=1S/C14H21FO3/c1-14(2,3)13(18-5)12(16)9-7-6-8-10(17-4)11(9)15/h6-8,12-13,16H,1-5H3. The van der Waals surface area contributed by atoms with Gasteiger partial charge in [-0.05, 0) is 11.5 Å². The normalized spacial score (nSPS) is 15.3. The second kappa shape index (κ2) is 5.67. The van der Waals surface area contributed by atoms with Gasteiger partial charge in [0.15, 0.2) is 11.6 Å². The van der Waals surface area contributed by atoms with E-state index in [1.807, 2.05) is 20.8 Å². The molecule has 0 aromatic heterocycles. The van der Waals surface area contributed by atoms with Crippen LogP contribution in [0, 0.1) is 11.2 Å². The van der Waals surface area contributed by atoms with Crippen LogP contribution in [0.15, 0.2) is 18.2 Å². The van der Waals surface area contributed by atoms with Gasteiger partial charge in [0.05, 0.1) is 13.2 Å². The van der Waals surface area contributed by atoms with Gasteiger partial charge in [0.25, 0.3) is 0 Å². The Labute approximate surface area is 108 Å². The monoisotopic (exact) mass is 256 g/mol. The lowest BCUT2D eigenvalue weighted by atomic mass is 9.83. The molecule has 0 heterocycles. The fraction of sp³-hybridized carbons (Fsp3) is 0.571. The molecule has 0 saturated carbocycles. The predicted molar refractivity (Wildman–Crippen MR) is 68.2 cm³/mol. The Balaban J connectivity index is 3.13. The number of ether oxygens (including phenoxy) is 2. The lowest BCUT2D eigenvalue weighted by Gasteiger charge is -2.33. The second-order valence-corrected chi connectivity index (χ2v) is 5.33. The van der Waals surface area contributed by atoms with Gasteiger partial charge in [-0.15, -0.1) is 0 Å². The van der Waals surface area contributed by atoms with E-state index in [1.54, 1.807) is 12.1 Å². The molecule has 2 atom stereocenters. The van der Waals surface area contributed by atoms with Crippen molar-refractivity contribution < 1.29 is 19.0 Å². The molecule has 2 unspecified atom stereocenters. The Hall–Kier alpha value is -1.13. The third kappa shape index (κ3) is 3.00. The first-order valence-corrected chi connectivity index (χ1v) is 5.86. The fourth-order valence-corrected chi connectivity index (χ4v) is 2.03. The first-order valence-electron chi connectivity index (χ1n) is 5.86. The zero-order valence-electron chi connectivity index (χ0n) is 11.5. The molecule has 1 N–H and O–H groups in total. The van der Waals surface area contributed by atoms with E-state index in [0.29, 0.717) is 0 Å². The van der Waals surface area contributed by atoms with Crippen molar-refractivity contribution in [3.8, 4) is 5.75 Å². The highest BCUT2D eigenvalue weighted by Crippen LogP contribution is 2.35. The van der Waals surface area contributed by atoms with Gasteiger partial charge in [-0.2, -0.15) is 0 Å². The van der Waals surface area contributed by atoms with Crippen molar-refractivity contribution in [3.63, 3.8) is 0 Å². The number of methoxy groups -OCH3 is 2. The van der Waals surface area contributed by atoms with Crippen molar-refractivity contribution in [2.45, 2.75) is 33.0 Å². The number of hydrogen-bond donors (Lipinski definition) is 1. The highest BCUT2D eigenvalue weighted by Gasteiger charge is 2.34. The molecule has 4 heteroatoms. The van der Waals surface area contributed by atoms with Crippen LogP contribution in [0.5, 0.6) is 5.75 Å². The number of aliphatic hydroxyl groups is 1. The van der Waals surface area contributed by atoms with Gasteiger partial charge in [0.1, 0.15) is 6.10 Å². The highest BCUT2D eigenvalue weighted by molar-refractivity contribution is 5.33. The molecular weight excluding hydrogens is 235 g/mol. The van der Waals surface area contributed by atoms with Crippen LogP contribution < -0.4 is 4.74 Å². The number of benzene rings is 1. The number of halogens is 1. The minimum atomic E-state index is -1.04. The van der Waals surface area contributed by atoms with E-state index in [2.05, 4.69) is 0 Å². The molecule has 102 valence electrons. The summed E-state index contributed by atoms with van der Waals surface area (Å²) in [4.78, 5) is 0. The van der Waals surface area contributed by atoms with Crippen molar-refractivity contribution in [1.29, 1.82) is 0 Å². The van der Waals surface area contributed by atoms with Gasteiger partial charge in [0, 0.05) is 12.7 Å². The minimum absolute atomic E-state index is 0.121. The molecule has 0 aliphatic carbocycles. The summed E-state index contributed by atoms with van der Waals surface area (Å²) in [6.07, 6.45) is -1.54. The van der Waals surface area contributed by atoms with Crippen LogP contribution in [-0.4, -0.2) is 25.4 Å². The molecule has 18 heavy (non-hydrogen) atoms. The van der Waals surface area contributed by atoms with E-state index in [1.165, 1.54) is 20.3 Å². The molecule has 1 aromatic rings. The molecule has 1 aromatic carbocycles. The molecule has 0 aliphatic rings. The van der Waals surface area contributed by atoms with Gasteiger partial charge in [0.2, 0.25) is 0 Å². The van der Waals surface area contributed by atoms with Crippen LogP contribution >= 0.6 is 0 Å². The van der Waals surface area contributed by atoms with Crippen molar-refractivity contribution >= 4 is 0 Å². The van der Waals surface area contributed by atoms with E-state index >= 15 is 0 Å². The maximum absolute atomic E-state index is 14.1. The summed E-state index contributed by atoms with van der Waals surface area (Å²) >= 11 is 0. The first-order chi connectivity index (χ1) is 8.32. The molecule has 0 amide bonds. The van der Waals surface area contributed by atoms with Gasteiger partial charge < -0.3 is 14.6 Å². The quantitative estimate of drug-likeness (QED) is 0.900. The topological polar surface area (TPSA) is 38.7 Å². The highest BCUT2D eigenvalue weighted by atomic mass is 19.1. The van der Waals surface area contributed by atoms with Crippen molar-refractivity contribution in [2.24, 2.45) is 5.41 Å².